The SMILES string of the molecule is CCSCCOC(=O)C1=C(C)NC2=C(C(=O)[C@H](C(=O)OC)[C@@H](C)C2)[C@@H]1c1ccc(OCc2ccccc2)c(OC)c1. The van der Waals surface area contributed by atoms with Crippen LogP contribution >= 0.6 is 11.8 Å². The third-order valence-electron chi connectivity index (χ3n) is 7.39. The molecule has 0 radical (unpaired) electrons. The number of esters is 2. The summed E-state index contributed by atoms with van der Waals surface area (Å²) in [5, 5.41) is 3.29. The molecule has 9 heteroatoms. The molecule has 4 rings (SSSR count). The fourth-order valence-electron chi connectivity index (χ4n) is 5.42. The second-order valence-corrected chi connectivity index (χ2v) is 11.4. The predicted octanol–water partition coefficient (Wildman–Crippen LogP) is 5.18. The van der Waals surface area contributed by atoms with Crippen molar-refractivity contribution in [2.75, 3.05) is 32.3 Å². The van der Waals surface area contributed by atoms with E-state index in [0.29, 0.717) is 58.4 Å². The van der Waals surface area contributed by atoms with Crippen LogP contribution in [-0.2, 0) is 30.5 Å². The van der Waals surface area contributed by atoms with Crippen LogP contribution in [-0.4, -0.2) is 50.1 Å². The molecule has 0 fully saturated rings. The Balaban J connectivity index is 1.75. The number of hydrogen-bond acceptors (Lipinski definition) is 9. The number of hydrogen-bond donors (Lipinski definition) is 1. The molecule has 218 valence electrons. The van der Waals surface area contributed by atoms with Gasteiger partial charge in [-0.2, -0.15) is 11.8 Å². The molecule has 1 aliphatic carbocycles. The first kappa shape index (κ1) is 30.2. The molecule has 41 heavy (non-hydrogen) atoms. The topological polar surface area (TPSA) is 100 Å². The van der Waals surface area contributed by atoms with Crippen LogP contribution in [0.15, 0.2) is 71.1 Å². The van der Waals surface area contributed by atoms with Gasteiger partial charge in [0.05, 0.1) is 19.8 Å². The number of thioether (sulfide) groups is 1. The highest BCUT2D eigenvalue weighted by molar-refractivity contribution is 7.99. The number of carbonyl (C=O) groups is 3. The van der Waals surface area contributed by atoms with Gasteiger partial charge in [-0.25, -0.2) is 4.79 Å². The molecule has 0 saturated carbocycles. The first-order valence-electron chi connectivity index (χ1n) is 13.7. The minimum atomic E-state index is -0.963. The van der Waals surface area contributed by atoms with Gasteiger partial charge in [-0.15, -0.1) is 0 Å². The zero-order chi connectivity index (χ0) is 29.5. The zero-order valence-electron chi connectivity index (χ0n) is 24.2. The van der Waals surface area contributed by atoms with Gasteiger partial charge in [0.2, 0.25) is 0 Å². The van der Waals surface area contributed by atoms with E-state index in [2.05, 4.69) is 5.32 Å². The van der Waals surface area contributed by atoms with E-state index >= 15 is 0 Å². The molecule has 2 aromatic carbocycles. The van der Waals surface area contributed by atoms with E-state index in [1.807, 2.05) is 57.2 Å². The monoisotopic (exact) mass is 579 g/mol. The molecular weight excluding hydrogens is 542 g/mol. The molecule has 0 bridgehead atoms. The average Bonchev–Trinajstić information content (AvgIpc) is 2.97. The summed E-state index contributed by atoms with van der Waals surface area (Å²) in [5.74, 6) is -0.858. The van der Waals surface area contributed by atoms with Crippen molar-refractivity contribution < 1.29 is 33.3 Å². The summed E-state index contributed by atoms with van der Waals surface area (Å²) in [6.45, 7) is 6.31. The maximum absolute atomic E-state index is 14.0. The molecule has 1 heterocycles. The van der Waals surface area contributed by atoms with Crippen molar-refractivity contribution in [3.63, 3.8) is 0 Å². The van der Waals surface area contributed by atoms with Crippen LogP contribution in [0.4, 0.5) is 0 Å². The van der Waals surface area contributed by atoms with Gasteiger partial charge < -0.3 is 24.3 Å². The lowest BCUT2D eigenvalue weighted by atomic mass is 9.69. The second kappa shape index (κ2) is 13.8. The van der Waals surface area contributed by atoms with Gasteiger partial charge in [0.25, 0.3) is 0 Å². The van der Waals surface area contributed by atoms with Gasteiger partial charge in [0.15, 0.2) is 17.3 Å². The zero-order valence-corrected chi connectivity index (χ0v) is 25.0. The Labute approximate surface area is 245 Å². The van der Waals surface area contributed by atoms with Crippen molar-refractivity contribution >= 4 is 29.5 Å². The van der Waals surface area contributed by atoms with Crippen LogP contribution in [0.2, 0.25) is 0 Å². The average molecular weight is 580 g/mol. The number of rotatable bonds is 11. The smallest absolute Gasteiger partial charge is 0.336 e. The van der Waals surface area contributed by atoms with Gasteiger partial charge in [0.1, 0.15) is 19.1 Å². The van der Waals surface area contributed by atoms with E-state index in [4.69, 9.17) is 18.9 Å². The van der Waals surface area contributed by atoms with Crippen LogP contribution in [0.5, 0.6) is 11.5 Å². The molecular formula is C32H37NO7S. The van der Waals surface area contributed by atoms with Gasteiger partial charge in [0, 0.05) is 28.6 Å². The molecule has 0 spiro atoms. The number of nitrogens with one attached hydrogen (secondary N) is 1. The van der Waals surface area contributed by atoms with E-state index < -0.39 is 23.8 Å². The van der Waals surface area contributed by atoms with Gasteiger partial charge in [-0.1, -0.05) is 50.2 Å². The van der Waals surface area contributed by atoms with E-state index in [1.165, 1.54) is 7.11 Å². The van der Waals surface area contributed by atoms with Crippen LogP contribution in [0.3, 0.4) is 0 Å². The Morgan fingerprint density at radius 2 is 1.83 bits per heavy atom. The number of methoxy groups -OCH3 is 2. The maximum Gasteiger partial charge on any atom is 0.336 e. The van der Waals surface area contributed by atoms with Crippen molar-refractivity contribution in [1.82, 2.24) is 5.32 Å². The molecule has 1 aliphatic heterocycles. The summed E-state index contributed by atoms with van der Waals surface area (Å²) in [4.78, 5) is 40.2. The number of allylic oxidation sites excluding steroid dienone is 3. The van der Waals surface area contributed by atoms with Crippen molar-refractivity contribution in [3.05, 3.63) is 82.2 Å². The van der Waals surface area contributed by atoms with Crippen LogP contribution in [0, 0.1) is 11.8 Å². The summed E-state index contributed by atoms with van der Waals surface area (Å²) in [6.07, 6.45) is 0.458. The third-order valence-corrected chi connectivity index (χ3v) is 8.25. The van der Waals surface area contributed by atoms with Gasteiger partial charge in [-0.05, 0) is 48.3 Å². The third kappa shape index (κ3) is 6.62. The van der Waals surface area contributed by atoms with Crippen molar-refractivity contribution in [2.45, 2.75) is 39.7 Å². The summed E-state index contributed by atoms with van der Waals surface area (Å²) in [6, 6.07) is 15.2. The summed E-state index contributed by atoms with van der Waals surface area (Å²) < 4.78 is 22.4. The highest BCUT2D eigenvalue weighted by Gasteiger charge is 2.47. The van der Waals surface area contributed by atoms with Crippen LogP contribution in [0.25, 0.3) is 0 Å². The number of dihydropyridines is 1. The maximum atomic E-state index is 14.0. The minimum absolute atomic E-state index is 0.248. The number of carbonyl (C=O) groups excluding carboxylic acids is 3. The Kier molecular flexibility index (Phi) is 10.2. The Morgan fingerprint density at radius 1 is 1.07 bits per heavy atom. The molecule has 3 atom stereocenters. The van der Waals surface area contributed by atoms with Crippen LogP contribution in [0.1, 0.15) is 44.2 Å². The highest BCUT2D eigenvalue weighted by Crippen LogP contribution is 2.47. The van der Waals surface area contributed by atoms with E-state index in [9.17, 15) is 14.4 Å². The minimum Gasteiger partial charge on any atom is -0.493 e. The molecule has 0 saturated heterocycles. The fraction of sp³-hybridized carbons (Fsp3) is 0.406. The molecule has 0 amide bonds. The summed E-state index contributed by atoms with van der Waals surface area (Å²) in [5.41, 5.74) is 3.68. The lowest BCUT2D eigenvalue weighted by molar-refractivity contribution is -0.151. The number of benzene rings is 2. The van der Waals surface area contributed by atoms with Crippen LogP contribution < -0.4 is 14.8 Å². The van der Waals surface area contributed by atoms with Gasteiger partial charge in [-0.3, -0.25) is 9.59 Å². The Bertz CT molecular complexity index is 1350. The highest BCUT2D eigenvalue weighted by atomic mass is 32.2. The standard InChI is InChI=1S/C32H37NO7S/c1-6-41-15-14-39-32(36)27-20(3)33-23-16-19(2)26(31(35)38-5)30(34)29(23)28(27)22-12-13-24(25(17-22)37-4)40-18-21-10-8-7-9-11-21/h7-13,17,19,26,28,33H,6,14-16,18H2,1-5H3/t19-,26+,28+/m0/s1. The van der Waals surface area contributed by atoms with E-state index in [1.54, 1.807) is 31.0 Å². The summed E-state index contributed by atoms with van der Waals surface area (Å²) >= 11 is 1.67. The number of Topliss-reactive ketones (excluding diaryl/α,β-unsaturated/α-hetero) is 1. The molecule has 8 nitrogen and oxygen atoms in total. The van der Waals surface area contributed by atoms with Crippen molar-refractivity contribution in [1.29, 1.82) is 0 Å². The second-order valence-electron chi connectivity index (χ2n) is 10.1. The molecule has 2 aliphatic rings. The molecule has 2 aromatic rings. The summed E-state index contributed by atoms with van der Waals surface area (Å²) in [7, 11) is 2.83. The fourth-order valence-corrected chi connectivity index (χ4v) is 5.91. The molecule has 1 N–H and O–H groups in total. The Morgan fingerprint density at radius 3 is 2.51 bits per heavy atom. The van der Waals surface area contributed by atoms with Crippen molar-refractivity contribution in [2.24, 2.45) is 11.8 Å². The number of ether oxygens (including phenoxy) is 4. The first-order valence-corrected chi connectivity index (χ1v) is 14.9. The quantitative estimate of drug-likeness (QED) is 0.219. The number of ketones is 1. The van der Waals surface area contributed by atoms with Crippen molar-refractivity contribution in [3.8, 4) is 11.5 Å². The Hall–Kier alpha value is -3.72. The molecule has 0 unspecified atom stereocenters. The van der Waals surface area contributed by atoms with E-state index in [0.717, 1.165) is 11.3 Å². The lowest BCUT2D eigenvalue weighted by Gasteiger charge is -2.38. The molecule has 0 aromatic heterocycles. The predicted molar refractivity (Wildman–Crippen MR) is 158 cm³/mol. The largest absolute Gasteiger partial charge is 0.493 e. The lowest BCUT2D eigenvalue weighted by Crippen LogP contribution is -2.43. The normalized spacial score (nSPS) is 20.2. The van der Waals surface area contributed by atoms with Gasteiger partial charge >= 0.3 is 11.9 Å². The van der Waals surface area contributed by atoms with E-state index in [-0.39, 0.29) is 18.3 Å². The first-order chi connectivity index (χ1) is 19.8.